The van der Waals surface area contributed by atoms with Gasteiger partial charge in [-0.3, -0.25) is 9.59 Å². The third kappa shape index (κ3) is 3.65. The number of para-hydroxylation sites is 1. The van der Waals surface area contributed by atoms with Gasteiger partial charge < -0.3 is 9.80 Å². The van der Waals surface area contributed by atoms with E-state index in [9.17, 15) is 9.59 Å². The number of piperazine rings is 1. The van der Waals surface area contributed by atoms with E-state index in [1.165, 1.54) is 10.5 Å². The summed E-state index contributed by atoms with van der Waals surface area (Å²) in [6, 6.07) is 12.1. The van der Waals surface area contributed by atoms with E-state index in [1.807, 2.05) is 41.0 Å². The van der Waals surface area contributed by atoms with Gasteiger partial charge in [0, 0.05) is 42.9 Å². The van der Waals surface area contributed by atoms with Gasteiger partial charge in [0.25, 0.3) is 5.91 Å². The van der Waals surface area contributed by atoms with Crippen LogP contribution in [0.25, 0.3) is 22.6 Å². The van der Waals surface area contributed by atoms with E-state index >= 15 is 0 Å². The lowest BCUT2D eigenvalue weighted by Crippen LogP contribution is -2.50. The maximum atomic E-state index is 13.7. The third-order valence-corrected chi connectivity index (χ3v) is 7.06. The molecule has 2 aromatic heterocycles. The number of pyridine rings is 1. The normalized spacial score (nSPS) is 17.4. The van der Waals surface area contributed by atoms with E-state index in [-0.39, 0.29) is 11.8 Å². The van der Waals surface area contributed by atoms with Crippen LogP contribution in [-0.4, -0.2) is 52.8 Å². The van der Waals surface area contributed by atoms with Crippen molar-refractivity contribution in [2.24, 2.45) is 0 Å². The molecule has 1 saturated heterocycles. The van der Waals surface area contributed by atoms with Gasteiger partial charge >= 0.3 is 0 Å². The van der Waals surface area contributed by atoms with E-state index in [0.717, 1.165) is 40.6 Å². The molecule has 1 aliphatic heterocycles. The highest BCUT2D eigenvalue weighted by Crippen LogP contribution is 2.38. The number of rotatable bonds is 3. The number of aromatic nitrogens is 1. The van der Waals surface area contributed by atoms with Gasteiger partial charge in [-0.05, 0) is 47.6 Å². The lowest BCUT2D eigenvalue weighted by molar-refractivity contribution is -0.132. The molecule has 0 spiro atoms. The van der Waals surface area contributed by atoms with E-state index in [1.54, 1.807) is 11.3 Å². The number of fused-ring (bicyclic) bond motifs is 2. The predicted octanol–water partition coefficient (Wildman–Crippen LogP) is 4.48. The van der Waals surface area contributed by atoms with Crippen molar-refractivity contribution in [2.45, 2.75) is 26.2 Å². The average Bonchev–Trinajstić information content (AvgIpc) is 3.47. The van der Waals surface area contributed by atoms with E-state index in [2.05, 4.69) is 23.6 Å². The Hall–Kier alpha value is -2.99. The highest BCUT2D eigenvalue weighted by molar-refractivity contribution is 7.10. The Morgan fingerprint density at radius 3 is 2.55 bits per heavy atom. The lowest BCUT2D eigenvalue weighted by atomic mass is 9.99. The molecule has 2 aliphatic rings. The first kappa shape index (κ1) is 19.9. The highest BCUT2D eigenvalue weighted by Gasteiger charge is 2.31. The Balaban J connectivity index is 1.53. The Kier molecular flexibility index (Phi) is 5.32. The van der Waals surface area contributed by atoms with Crippen molar-refractivity contribution >= 4 is 45.7 Å². The molecule has 31 heavy (non-hydrogen) atoms. The van der Waals surface area contributed by atoms with Gasteiger partial charge in [0.05, 0.1) is 16.8 Å². The second kappa shape index (κ2) is 8.27. The summed E-state index contributed by atoms with van der Waals surface area (Å²) < 4.78 is 0. The summed E-state index contributed by atoms with van der Waals surface area (Å²) in [5.74, 6) is 0.224. The smallest absolute Gasteiger partial charge is 0.255 e. The quantitative estimate of drug-likeness (QED) is 0.615. The van der Waals surface area contributed by atoms with Crippen LogP contribution in [0.5, 0.6) is 0 Å². The van der Waals surface area contributed by atoms with E-state index < -0.39 is 0 Å². The molecule has 3 aromatic rings. The first-order valence-corrected chi connectivity index (χ1v) is 11.8. The molecule has 0 atom stereocenters. The fourth-order valence-corrected chi connectivity index (χ4v) is 5.29. The van der Waals surface area contributed by atoms with Crippen molar-refractivity contribution in [1.29, 1.82) is 0 Å². The van der Waals surface area contributed by atoms with Crippen molar-refractivity contribution in [1.82, 2.24) is 14.8 Å². The van der Waals surface area contributed by atoms with Crippen LogP contribution in [-0.2, 0) is 11.2 Å². The van der Waals surface area contributed by atoms with Gasteiger partial charge in [0.2, 0.25) is 5.91 Å². The molecule has 0 radical (unpaired) electrons. The molecule has 2 amide bonds. The van der Waals surface area contributed by atoms with Gasteiger partial charge in [-0.1, -0.05) is 31.2 Å². The maximum Gasteiger partial charge on any atom is 0.255 e. The molecule has 5 rings (SSSR count). The first-order valence-electron chi connectivity index (χ1n) is 10.9. The van der Waals surface area contributed by atoms with Gasteiger partial charge in [-0.15, -0.1) is 11.3 Å². The summed E-state index contributed by atoms with van der Waals surface area (Å²) >= 11 is 1.71. The molecule has 0 bridgehead atoms. The van der Waals surface area contributed by atoms with Crippen LogP contribution in [0.2, 0.25) is 0 Å². The average molecular weight is 432 g/mol. The standard InChI is InChI=1S/C25H25N3O2S/c1-2-22(29)27-11-13-28(14-12-27)25(30)23-19-7-3-4-8-21(19)26-24-17(9-10-20(23)24)16-18-6-5-15-31-18/h3-8,15-16H,2,9-14H2,1H3/b17-16+. The van der Waals surface area contributed by atoms with Crippen molar-refractivity contribution in [3.8, 4) is 0 Å². The van der Waals surface area contributed by atoms with Crippen LogP contribution in [0.1, 0.15) is 46.3 Å². The molecule has 158 valence electrons. The summed E-state index contributed by atoms with van der Waals surface area (Å²) in [6.45, 7) is 4.25. The zero-order valence-corrected chi connectivity index (χ0v) is 18.5. The first-order chi connectivity index (χ1) is 15.2. The number of benzene rings is 1. The van der Waals surface area contributed by atoms with Crippen LogP contribution in [0, 0.1) is 0 Å². The Morgan fingerprint density at radius 1 is 1.03 bits per heavy atom. The largest absolute Gasteiger partial charge is 0.339 e. The second-order valence-electron chi connectivity index (χ2n) is 8.04. The van der Waals surface area contributed by atoms with Crippen LogP contribution in [0.15, 0.2) is 41.8 Å². The molecule has 1 aromatic carbocycles. The molecule has 0 unspecified atom stereocenters. The molecule has 6 heteroatoms. The summed E-state index contributed by atoms with van der Waals surface area (Å²) in [5.41, 5.74) is 4.90. The number of carbonyl (C=O) groups is 2. The molecular weight excluding hydrogens is 406 g/mol. The van der Waals surface area contributed by atoms with Crippen molar-refractivity contribution in [3.05, 3.63) is 63.5 Å². The number of amides is 2. The summed E-state index contributed by atoms with van der Waals surface area (Å²) in [6.07, 6.45) is 4.45. The van der Waals surface area contributed by atoms with Crippen molar-refractivity contribution in [2.75, 3.05) is 26.2 Å². The zero-order chi connectivity index (χ0) is 21.4. The van der Waals surface area contributed by atoms with Gasteiger partial charge in [-0.25, -0.2) is 4.98 Å². The van der Waals surface area contributed by atoms with Crippen LogP contribution in [0.3, 0.4) is 0 Å². The van der Waals surface area contributed by atoms with E-state index in [4.69, 9.17) is 4.98 Å². The van der Waals surface area contributed by atoms with Crippen LogP contribution < -0.4 is 0 Å². The second-order valence-corrected chi connectivity index (χ2v) is 9.02. The summed E-state index contributed by atoms with van der Waals surface area (Å²) in [4.78, 5) is 35.7. The van der Waals surface area contributed by atoms with E-state index in [0.29, 0.717) is 32.6 Å². The molecular formula is C25H25N3O2S. The molecule has 1 aliphatic carbocycles. The monoisotopic (exact) mass is 431 g/mol. The highest BCUT2D eigenvalue weighted by atomic mass is 32.1. The number of allylic oxidation sites excluding steroid dienone is 1. The number of hydrogen-bond acceptors (Lipinski definition) is 4. The van der Waals surface area contributed by atoms with Crippen LogP contribution in [0.4, 0.5) is 0 Å². The Morgan fingerprint density at radius 2 is 1.81 bits per heavy atom. The minimum atomic E-state index is 0.0656. The fraction of sp³-hybridized carbons (Fsp3) is 0.320. The minimum absolute atomic E-state index is 0.0656. The number of nitrogens with zero attached hydrogens (tertiary/aromatic N) is 3. The fourth-order valence-electron chi connectivity index (χ4n) is 4.61. The van der Waals surface area contributed by atoms with Crippen LogP contribution >= 0.6 is 11.3 Å². The van der Waals surface area contributed by atoms with Gasteiger partial charge in [0.15, 0.2) is 0 Å². The summed E-state index contributed by atoms with van der Waals surface area (Å²) in [5, 5.41) is 3.00. The predicted molar refractivity (Wildman–Crippen MR) is 125 cm³/mol. The molecule has 1 fully saturated rings. The van der Waals surface area contributed by atoms with Gasteiger partial charge in [0.1, 0.15) is 0 Å². The SMILES string of the molecule is CCC(=O)N1CCN(C(=O)c2c3c(nc4ccccc24)/C(=C/c2cccs2)CC3)CC1. The molecule has 0 N–H and O–H groups in total. The number of hydrogen-bond donors (Lipinski definition) is 0. The Bertz CT molecular complexity index is 1170. The molecule has 0 saturated carbocycles. The van der Waals surface area contributed by atoms with Crippen molar-refractivity contribution < 1.29 is 9.59 Å². The number of carbonyl (C=O) groups excluding carboxylic acids is 2. The van der Waals surface area contributed by atoms with Gasteiger partial charge in [-0.2, -0.15) is 0 Å². The number of thiophene rings is 1. The molecule has 5 nitrogen and oxygen atoms in total. The maximum absolute atomic E-state index is 13.7. The molecule has 3 heterocycles. The summed E-state index contributed by atoms with van der Waals surface area (Å²) in [7, 11) is 0. The lowest BCUT2D eigenvalue weighted by Gasteiger charge is -2.35. The minimum Gasteiger partial charge on any atom is -0.339 e. The van der Waals surface area contributed by atoms with Crippen molar-refractivity contribution in [3.63, 3.8) is 0 Å². The Labute approximate surface area is 186 Å². The topological polar surface area (TPSA) is 53.5 Å². The third-order valence-electron chi connectivity index (χ3n) is 6.24. The zero-order valence-electron chi connectivity index (χ0n) is 17.6.